The number of carbonyl (C=O) groups is 3. The molecule has 0 spiro atoms. The van der Waals surface area contributed by atoms with Crippen molar-refractivity contribution in [3.63, 3.8) is 0 Å². The van der Waals surface area contributed by atoms with E-state index in [-0.39, 0.29) is 36.4 Å². The molecule has 3 aromatic rings. The highest BCUT2D eigenvalue weighted by Gasteiger charge is 2.57. The molecule has 1 heterocycles. The van der Waals surface area contributed by atoms with Crippen LogP contribution in [0.25, 0.3) is 11.1 Å². The summed E-state index contributed by atoms with van der Waals surface area (Å²) in [5, 5.41) is 29.3. The van der Waals surface area contributed by atoms with Crippen LogP contribution in [0.3, 0.4) is 0 Å². The molecule has 0 unspecified atom stereocenters. The van der Waals surface area contributed by atoms with Crippen molar-refractivity contribution in [3.8, 4) is 16.9 Å². The number of nitrogens with zero attached hydrogens (tertiary/aromatic N) is 4. The summed E-state index contributed by atoms with van der Waals surface area (Å²) < 4.78 is 6.09. The van der Waals surface area contributed by atoms with E-state index in [4.69, 9.17) is 9.57 Å². The second-order valence-electron chi connectivity index (χ2n) is 17.9. The van der Waals surface area contributed by atoms with Gasteiger partial charge < -0.3 is 40.3 Å². The fraction of sp³-hybridized carbons (Fsp3) is 0.543. The number of ether oxygens (including phenoxy) is 1. The fourth-order valence-corrected chi connectivity index (χ4v) is 9.79. The van der Waals surface area contributed by atoms with Gasteiger partial charge in [0.05, 0.1) is 26.4 Å². The van der Waals surface area contributed by atoms with Crippen molar-refractivity contribution in [2.45, 2.75) is 77.4 Å². The van der Waals surface area contributed by atoms with Crippen LogP contribution in [0.5, 0.6) is 5.75 Å². The molecule has 320 valence electrons. The van der Waals surface area contributed by atoms with Crippen LogP contribution >= 0.6 is 0 Å². The molecule has 0 radical (unpaired) electrons. The molecule has 4 fully saturated rings. The largest absolute Gasteiger partial charge is 0.496 e. The van der Waals surface area contributed by atoms with Crippen LogP contribution in [-0.2, 0) is 21.0 Å². The lowest BCUT2D eigenvalue weighted by Crippen LogP contribution is -2.62. The number of methoxy groups -OCH3 is 1. The number of hydrogen-bond acceptors (Lipinski definition) is 10. The van der Waals surface area contributed by atoms with E-state index in [2.05, 4.69) is 31.4 Å². The van der Waals surface area contributed by atoms with Gasteiger partial charge in [-0.25, -0.2) is 0 Å². The highest BCUT2D eigenvalue weighted by molar-refractivity contribution is 6.03. The van der Waals surface area contributed by atoms with Crippen LogP contribution in [-0.4, -0.2) is 124 Å². The minimum Gasteiger partial charge on any atom is -0.496 e. The molecule has 3 amide bonds. The number of benzene rings is 3. The molecule has 0 aromatic heterocycles. The van der Waals surface area contributed by atoms with E-state index in [1.54, 1.807) is 43.2 Å². The lowest BCUT2D eigenvalue weighted by atomic mass is 9.45. The van der Waals surface area contributed by atoms with Gasteiger partial charge in [0, 0.05) is 67.7 Å². The number of carbonyl (C=O) groups excluding carboxylic acids is 3. The molecule has 3 aliphatic carbocycles. The summed E-state index contributed by atoms with van der Waals surface area (Å²) in [5.74, 6) is 0.364. The number of hydroxylamine groups is 2. The number of rotatable bonds is 15. The number of likely N-dealkylation sites (N-methyl/N-ethyl adjacent to an activating group) is 2. The lowest BCUT2D eigenvalue weighted by molar-refractivity contribution is -0.183. The summed E-state index contributed by atoms with van der Waals surface area (Å²) in [6.45, 7) is 8.56. The molecule has 7 rings (SSSR count). The molecule has 3 aromatic carbocycles. The Bertz CT molecular complexity index is 1970. The molecule has 2 bridgehead atoms. The van der Waals surface area contributed by atoms with Crippen molar-refractivity contribution in [3.05, 3.63) is 77.9 Å². The third kappa shape index (κ3) is 9.00. The topological polar surface area (TPSA) is 147 Å². The second kappa shape index (κ2) is 18.0. The maximum Gasteiger partial charge on any atom is 0.252 e. The van der Waals surface area contributed by atoms with E-state index >= 15 is 0 Å². The predicted octanol–water partition coefficient (Wildman–Crippen LogP) is 4.41. The molecule has 13 nitrogen and oxygen atoms in total. The van der Waals surface area contributed by atoms with Gasteiger partial charge >= 0.3 is 0 Å². The Morgan fingerprint density at radius 1 is 0.983 bits per heavy atom. The molecular weight excluding hydrogens is 749 g/mol. The standard InChI is InChI=1S/C46H64N6O7/c1-27-36-22-32(46(36,3)4)23-37(27)47-44(56)41-40(28(2)54)39(26-53)59-52(41)24-29-15-14-18-35(42(29)58-10)30-19-31(21-34(20-30)50(7)8)43(55)48-38(25-49(5)6)45(57)51(9)33-16-12-11-13-17-33/h11-21,27-28,32,36-41,53-54H,22-26H2,1-10H3,(H,47,56)(H,48,55)/t27-,28-,32+,36-,37+,38+,39-,40-,41-/m0/s1. The summed E-state index contributed by atoms with van der Waals surface area (Å²) in [5.41, 5.74) is 4.23. The normalized spacial score (nSPS) is 25.7. The van der Waals surface area contributed by atoms with Gasteiger partial charge in [-0.3, -0.25) is 19.2 Å². The summed E-state index contributed by atoms with van der Waals surface area (Å²) in [6.07, 6.45) is 0.378. The summed E-state index contributed by atoms with van der Waals surface area (Å²) in [6, 6.07) is 18.9. The van der Waals surface area contributed by atoms with Gasteiger partial charge in [0.15, 0.2) is 0 Å². The average molecular weight is 813 g/mol. The van der Waals surface area contributed by atoms with Gasteiger partial charge in [-0.15, -0.1) is 0 Å². The van der Waals surface area contributed by atoms with Crippen molar-refractivity contribution >= 4 is 29.1 Å². The van der Waals surface area contributed by atoms with E-state index in [9.17, 15) is 24.6 Å². The Hall–Kier alpha value is -4.53. The molecule has 1 saturated heterocycles. The van der Waals surface area contributed by atoms with E-state index in [1.807, 2.05) is 92.6 Å². The van der Waals surface area contributed by atoms with Crippen LogP contribution in [0.1, 0.15) is 56.5 Å². The van der Waals surface area contributed by atoms with E-state index < -0.39 is 36.1 Å². The van der Waals surface area contributed by atoms with Gasteiger partial charge in [-0.05, 0) is 92.9 Å². The van der Waals surface area contributed by atoms with E-state index in [0.29, 0.717) is 52.3 Å². The first-order chi connectivity index (χ1) is 28.0. The molecule has 4 N–H and O–H groups in total. The average Bonchev–Trinajstić information content (AvgIpc) is 3.59. The van der Waals surface area contributed by atoms with Crippen molar-refractivity contribution in [1.29, 1.82) is 0 Å². The quantitative estimate of drug-likeness (QED) is 0.174. The zero-order valence-electron chi connectivity index (χ0n) is 36.3. The third-order valence-electron chi connectivity index (χ3n) is 13.3. The van der Waals surface area contributed by atoms with Gasteiger partial charge in [-0.2, -0.15) is 5.06 Å². The van der Waals surface area contributed by atoms with Crippen molar-refractivity contribution < 1.29 is 34.2 Å². The molecular formula is C46H64N6O7. The molecule has 1 aliphatic heterocycles. The van der Waals surface area contributed by atoms with Gasteiger partial charge in [0.1, 0.15) is 23.9 Å². The summed E-state index contributed by atoms with van der Waals surface area (Å²) >= 11 is 0. The van der Waals surface area contributed by atoms with E-state index in [1.165, 1.54) is 6.42 Å². The van der Waals surface area contributed by atoms with E-state index in [0.717, 1.165) is 17.8 Å². The van der Waals surface area contributed by atoms with Crippen LogP contribution < -0.4 is 25.2 Å². The third-order valence-corrected chi connectivity index (χ3v) is 13.3. The van der Waals surface area contributed by atoms with Gasteiger partial charge in [0.2, 0.25) is 5.91 Å². The molecule has 13 heteroatoms. The minimum atomic E-state index is -0.929. The number of nitrogens with one attached hydrogen (secondary N) is 2. The Kier molecular flexibility index (Phi) is 13.4. The van der Waals surface area contributed by atoms with Crippen LogP contribution in [0, 0.1) is 29.1 Å². The Labute approximate surface area is 349 Å². The number of aliphatic hydroxyl groups excluding tert-OH is 2. The van der Waals surface area contributed by atoms with Crippen molar-refractivity contribution in [2.75, 3.05) is 65.3 Å². The van der Waals surface area contributed by atoms with Crippen molar-refractivity contribution in [1.82, 2.24) is 20.6 Å². The first kappa shape index (κ1) is 44.0. The first-order valence-electron chi connectivity index (χ1n) is 20.8. The van der Waals surface area contributed by atoms with Crippen LogP contribution in [0.15, 0.2) is 66.7 Å². The van der Waals surface area contributed by atoms with Gasteiger partial charge in [-0.1, -0.05) is 57.2 Å². The lowest BCUT2D eigenvalue weighted by Gasteiger charge is -2.62. The number of fused-ring (bicyclic) bond motifs is 2. The number of aliphatic hydroxyl groups is 2. The molecule has 9 atom stereocenters. The maximum atomic E-state index is 14.3. The first-order valence-corrected chi connectivity index (χ1v) is 20.8. The number of para-hydroxylation sites is 2. The minimum absolute atomic E-state index is 0.0123. The number of anilines is 2. The Morgan fingerprint density at radius 2 is 1.69 bits per heavy atom. The number of hydrogen-bond donors (Lipinski definition) is 4. The molecule has 3 saturated carbocycles. The Balaban J connectivity index is 1.29. The highest BCUT2D eigenvalue weighted by Crippen LogP contribution is 2.61. The van der Waals surface area contributed by atoms with Crippen LogP contribution in [0.4, 0.5) is 11.4 Å². The monoisotopic (exact) mass is 812 g/mol. The summed E-state index contributed by atoms with van der Waals surface area (Å²) in [7, 11) is 10.8. The molecule has 59 heavy (non-hydrogen) atoms. The molecule has 4 aliphatic rings. The van der Waals surface area contributed by atoms with Gasteiger partial charge in [0.25, 0.3) is 11.8 Å². The zero-order valence-corrected chi connectivity index (χ0v) is 36.3. The fourth-order valence-electron chi connectivity index (χ4n) is 9.79. The van der Waals surface area contributed by atoms with Crippen molar-refractivity contribution in [2.24, 2.45) is 29.1 Å². The SMILES string of the molecule is COc1c(CN2O[C@@H](CO)[C@H]([C@H](C)O)[C@H]2C(=O)N[C@@H]2C[C@H]3C[C@@H]([C@@H]2C)C3(C)C)cccc1-c1cc(C(=O)N[C@H](CN(C)C)C(=O)N(C)c2ccccc2)cc(N(C)C)c1. The Morgan fingerprint density at radius 3 is 2.29 bits per heavy atom. The second-order valence-corrected chi connectivity index (χ2v) is 17.9. The highest BCUT2D eigenvalue weighted by atomic mass is 16.7. The smallest absolute Gasteiger partial charge is 0.252 e. The predicted molar refractivity (Wildman–Crippen MR) is 230 cm³/mol. The van der Waals surface area contributed by atoms with Crippen LogP contribution in [0.2, 0.25) is 0 Å². The maximum absolute atomic E-state index is 14.3. The summed E-state index contributed by atoms with van der Waals surface area (Å²) in [4.78, 5) is 53.8. The number of amides is 3. The zero-order chi connectivity index (χ0) is 42.9.